The van der Waals surface area contributed by atoms with Gasteiger partial charge in [-0.3, -0.25) is 4.79 Å². The maximum Gasteiger partial charge on any atom is 0.259 e. The summed E-state index contributed by atoms with van der Waals surface area (Å²) in [6, 6.07) is 14.8. The maximum absolute atomic E-state index is 12.4. The topological polar surface area (TPSA) is 62.1 Å². The van der Waals surface area contributed by atoms with E-state index in [2.05, 4.69) is 11.4 Å². The van der Waals surface area contributed by atoms with E-state index in [1.807, 2.05) is 30.5 Å². The van der Waals surface area contributed by atoms with E-state index in [1.54, 1.807) is 37.1 Å². The van der Waals surface area contributed by atoms with Gasteiger partial charge in [0.1, 0.15) is 5.75 Å². The molecular weight excluding hydrogens is 296 g/mol. The number of nitrogens with one attached hydrogen (secondary N) is 1. The fraction of sp³-hybridized carbons (Fsp3) is 0.176. The number of anilines is 1. The lowest BCUT2D eigenvalue weighted by atomic mass is 10.1. The van der Waals surface area contributed by atoms with E-state index >= 15 is 0 Å². The number of nitrogens with zero attached hydrogens (tertiary/aromatic N) is 1. The highest BCUT2D eigenvalue weighted by molar-refractivity contribution is 7.98. The van der Waals surface area contributed by atoms with Crippen molar-refractivity contribution in [2.24, 2.45) is 0 Å². The number of ether oxygens (including phenoxy) is 1. The number of benzene rings is 2. The first-order chi connectivity index (χ1) is 10.7. The van der Waals surface area contributed by atoms with Crippen molar-refractivity contribution < 1.29 is 9.53 Å². The molecule has 0 aliphatic rings. The van der Waals surface area contributed by atoms with Gasteiger partial charge in [0.15, 0.2) is 0 Å². The number of carbonyl (C=O) groups is 1. The first-order valence-electron chi connectivity index (χ1n) is 6.67. The third kappa shape index (κ3) is 3.80. The molecule has 0 saturated carbocycles. The van der Waals surface area contributed by atoms with Gasteiger partial charge in [0.05, 0.1) is 25.2 Å². The van der Waals surface area contributed by atoms with E-state index in [4.69, 9.17) is 10.00 Å². The van der Waals surface area contributed by atoms with Gasteiger partial charge in [0, 0.05) is 10.6 Å². The van der Waals surface area contributed by atoms with Gasteiger partial charge in [0.2, 0.25) is 0 Å². The molecule has 0 aliphatic carbocycles. The minimum atomic E-state index is -0.225. The molecule has 0 spiro atoms. The van der Waals surface area contributed by atoms with E-state index in [0.717, 1.165) is 10.5 Å². The Morgan fingerprint density at radius 1 is 1.27 bits per heavy atom. The number of hydrogen-bond donors (Lipinski definition) is 1. The SMILES string of the molecule is COc1cc(SC)ccc1C(=O)Nc1ccc(CC#N)cc1. The second kappa shape index (κ2) is 7.53. The molecule has 2 aromatic carbocycles. The van der Waals surface area contributed by atoms with Crippen LogP contribution < -0.4 is 10.1 Å². The fourth-order valence-electron chi connectivity index (χ4n) is 1.98. The predicted octanol–water partition coefficient (Wildman–Crippen LogP) is 3.74. The number of methoxy groups -OCH3 is 1. The van der Waals surface area contributed by atoms with Crippen molar-refractivity contribution in [3.63, 3.8) is 0 Å². The Labute approximate surface area is 134 Å². The molecule has 0 aromatic heterocycles. The molecule has 0 saturated heterocycles. The first-order valence-corrected chi connectivity index (χ1v) is 7.89. The quantitative estimate of drug-likeness (QED) is 0.854. The number of hydrogen-bond acceptors (Lipinski definition) is 4. The average Bonchev–Trinajstić information content (AvgIpc) is 2.56. The van der Waals surface area contributed by atoms with Gasteiger partial charge in [-0.1, -0.05) is 12.1 Å². The van der Waals surface area contributed by atoms with Crippen molar-refractivity contribution in [1.82, 2.24) is 0 Å². The van der Waals surface area contributed by atoms with Crippen LogP contribution in [0.3, 0.4) is 0 Å². The molecule has 0 bridgehead atoms. The third-order valence-electron chi connectivity index (χ3n) is 3.15. The van der Waals surface area contributed by atoms with Crippen LogP contribution in [-0.4, -0.2) is 19.3 Å². The van der Waals surface area contributed by atoms with Gasteiger partial charge in [-0.25, -0.2) is 0 Å². The van der Waals surface area contributed by atoms with Crippen molar-refractivity contribution in [2.75, 3.05) is 18.7 Å². The van der Waals surface area contributed by atoms with Crippen molar-refractivity contribution in [3.05, 3.63) is 53.6 Å². The summed E-state index contributed by atoms with van der Waals surface area (Å²) in [4.78, 5) is 13.4. The zero-order valence-electron chi connectivity index (χ0n) is 12.4. The van der Waals surface area contributed by atoms with Crippen molar-refractivity contribution in [1.29, 1.82) is 5.26 Å². The lowest BCUT2D eigenvalue weighted by Crippen LogP contribution is -2.13. The highest BCUT2D eigenvalue weighted by atomic mass is 32.2. The normalized spacial score (nSPS) is 9.86. The van der Waals surface area contributed by atoms with E-state index in [0.29, 0.717) is 23.4 Å². The molecule has 5 heteroatoms. The summed E-state index contributed by atoms with van der Waals surface area (Å²) in [5, 5.41) is 11.5. The zero-order valence-corrected chi connectivity index (χ0v) is 13.2. The van der Waals surface area contributed by atoms with Crippen LogP contribution in [0.4, 0.5) is 5.69 Å². The van der Waals surface area contributed by atoms with Gasteiger partial charge in [-0.05, 0) is 42.2 Å². The van der Waals surface area contributed by atoms with Crippen LogP contribution in [0.2, 0.25) is 0 Å². The van der Waals surface area contributed by atoms with Gasteiger partial charge in [0.25, 0.3) is 5.91 Å². The molecule has 0 atom stereocenters. The van der Waals surface area contributed by atoms with Gasteiger partial charge >= 0.3 is 0 Å². The Hall–Kier alpha value is -2.45. The van der Waals surface area contributed by atoms with Crippen LogP contribution in [0.5, 0.6) is 5.75 Å². The van der Waals surface area contributed by atoms with Crippen molar-refractivity contribution >= 4 is 23.4 Å². The molecule has 0 heterocycles. The molecule has 0 aliphatic heterocycles. The van der Waals surface area contributed by atoms with E-state index < -0.39 is 0 Å². The average molecular weight is 312 g/mol. The lowest BCUT2D eigenvalue weighted by molar-refractivity contribution is 0.102. The molecule has 2 rings (SSSR count). The number of carbonyl (C=O) groups excluding carboxylic acids is 1. The summed E-state index contributed by atoms with van der Waals surface area (Å²) < 4.78 is 5.29. The van der Waals surface area contributed by atoms with E-state index in [9.17, 15) is 4.79 Å². The molecule has 0 unspecified atom stereocenters. The Balaban J connectivity index is 2.16. The van der Waals surface area contributed by atoms with Crippen molar-refractivity contribution in [3.8, 4) is 11.8 Å². The number of nitriles is 1. The van der Waals surface area contributed by atoms with Gasteiger partial charge in [-0.15, -0.1) is 11.8 Å². The minimum Gasteiger partial charge on any atom is -0.496 e. The third-order valence-corrected chi connectivity index (χ3v) is 3.87. The smallest absolute Gasteiger partial charge is 0.259 e. The minimum absolute atomic E-state index is 0.225. The first kappa shape index (κ1) is 15.9. The maximum atomic E-state index is 12.4. The second-order valence-electron chi connectivity index (χ2n) is 4.55. The Morgan fingerprint density at radius 3 is 2.59 bits per heavy atom. The second-order valence-corrected chi connectivity index (χ2v) is 5.43. The predicted molar refractivity (Wildman–Crippen MR) is 88.5 cm³/mol. The molecule has 1 amide bonds. The summed E-state index contributed by atoms with van der Waals surface area (Å²) in [6.45, 7) is 0. The molecular formula is C17H16N2O2S. The van der Waals surface area contributed by atoms with E-state index in [1.165, 1.54) is 0 Å². The van der Waals surface area contributed by atoms with Gasteiger partial charge in [-0.2, -0.15) is 5.26 Å². The van der Waals surface area contributed by atoms with Crippen LogP contribution in [0.15, 0.2) is 47.4 Å². The highest BCUT2D eigenvalue weighted by Gasteiger charge is 2.13. The highest BCUT2D eigenvalue weighted by Crippen LogP contribution is 2.26. The molecule has 0 fully saturated rings. The van der Waals surface area contributed by atoms with Gasteiger partial charge < -0.3 is 10.1 Å². The molecule has 1 N–H and O–H groups in total. The fourth-order valence-corrected chi connectivity index (χ4v) is 2.41. The lowest BCUT2D eigenvalue weighted by Gasteiger charge is -2.10. The summed E-state index contributed by atoms with van der Waals surface area (Å²) in [6.07, 6.45) is 2.33. The molecule has 2 aromatic rings. The van der Waals surface area contributed by atoms with E-state index in [-0.39, 0.29) is 5.91 Å². The molecule has 4 nitrogen and oxygen atoms in total. The van der Waals surface area contributed by atoms with Crippen LogP contribution >= 0.6 is 11.8 Å². The summed E-state index contributed by atoms with van der Waals surface area (Å²) >= 11 is 1.59. The van der Waals surface area contributed by atoms with Crippen LogP contribution in [0.1, 0.15) is 15.9 Å². The van der Waals surface area contributed by atoms with Crippen LogP contribution in [-0.2, 0) is 6.42 Å². The number of thioether (sulfide) groups is 1. The zero-order chi connectivity index (χ0) is 15.9. The molecule has 22 heavy (non-hydrogen) atoms. The monoisotopic (exact) mass is 312 g/mol. The summed E-state index contributed by atoms with van der Waals surface area (Å²) in [7, 11) is 1.55. The molecule has 0 radical (unpaired) electrons. The van der Waals surface area contributed by atoms with Crippen LogP contribution in [0, 0.1) is 11.3 Å². The summed E-state index contributed by atoms with van der Waals surface area (Å²) in [5.41, 5.74) is 2.09. The van der Waals surface area contributed by atoms with Crippen molar-refractivity contribution in [2.45, 2.75) is 11.3 Å². The van der Waals surface area contributed by atoms with Crippen LogP contribution in [0.25, 0.3) is 0 Å². The summed E-state index contributed by atoms with van der Waals surface area (Å²) in [5.74, 6) is 0.322. The molecule has 112 valence electrons. The standard InChI is InChI=1S/C17H16N2O2S/c1-21-16-11-14(22-2)7-8-15(16)17(20)19-13-5-3-12(4-6-13)9-10-18/h3-8,11H,9H2,1-2H3,(H,19,20). The Bertz CT molecular complexity index is 706. The number of rotatable bonds is 5. The Morgan fingerprint density at radius 2 is 2.00 bits per heavy atom. The largest absolute Gasteiger partial charge is 0.496 e. The number of amides is 1. The Kier molecular flexibility index (Phi) is 5.45.